The highest BCUT2D eigenvalue weighted by Gasteiger charge is 2.33. The quantitative estimate of drug-likeness (QED) is 0.0665. The van der Waals surface area contributed by atoms with Gasteiger partial charge in [0.2, 0.25) is 17.8 Å². The van der Waals surface area contributed by atoms with Crippen LogP contribution in [-0.4, -0.2) is 147 Å². The van der Waals surface area contributed by atoms with Crippen molar-refractivity contribution < 1.29 is 28.1 Å². The first-order valence-corrected chi connectivity index (χ1v) is 29.7. The van der Waals surface area contributed by atoms with Crippen molar-refractivity contribution >= 4 is 68.0 Å². The van der Waals surface area contributed by atoms with Gasteiger partial charge >= 0.3 is 0 Å². The van der Waals surface area contributed by atoms with Gasteiger partial charge in [0.05, 0.1) is 72.5 Å². The van der Waals surface area contributed by atoms with Gasteiger partial charge < -0.3 is 50.0 Å². The van der Waals surface area contributed by atoms with E-state index in [9.17, 15) is 13.9 Å². The van der Waals surface area contributed by atoms with E-state index in [1.54, 1.807) is 52.3 Å². The van der Waals surface area contributed by atoms with E-state index >= 15 is 0 Å². The predicted octanol–water partition coefficient (Wildman–Crippen LogP) is 10.6. The molecule has 6 aromatic heterocycles. The lowest BCUT2D eigenvalue weighted by Gasteiger charge is -2.26. The molecule has 0 fully saturated rings. The molecule has 0 radical (unpaired) electrons. The zero-order chi connectivity index (χ0) is 61.9. The molecular formula is C63H82F2N18O4. The van der Waals surface area contributed by atoms with Crippen LogP contribution in [0.3, 0.4) is 0 Å². The average molecular weight is 1190 g/mol. The van der Waals surface area contributed by atoms with Crippen LogP contribution in [0, 0.1) is 5.92 Å². The molecule has 0 amide bonds. The first-order chi connectivity index (χ1) is 41.5. The van der Waals surface area contributed by atoms with Crippen molar-refractivity contribution in [3.05, 3.63) is 106 Å². The van der Waals surface area contributed by atoms with Gasteiger partial charge in [0.15, 0.2) is 16.9 Å². The summed E-state index contributed by atoms with van der Waals surface area (Å²) in [6.07, 6.45) is 13.2. The molecule has 87 heavy (non-hydrogen) atoms. The number of fused-ring (bicyclic) bond motifs is 6. The van der Waals surface area contributed by atoms with Gasteiger partial charge in [-0.05, 0) is 157 Å². The summed E-state index contributed by atoms with van der Waals surface area (Å²) in [6, 6.07) is 12.5. The molecule has 3 aromatic carbocycles. The molecule has 24 heteroatoms. The van der Waals surface area contributed by atoms with E-state index in [4.69, 9.17) is 19.2 Å². The summed E-state index contributed by atoms with van der Waals surface area (Å²) < 4.78 is 50.1. The largest absolute Gasteiger partial charge is 0.495 e. The molecule has 0 bridgehead atoms. The van der Waals surface area contributed by atoms with Crippen LogP contribution in [0.2, 0.25) is 0 Å². The summed E-state index contributed by atoms with van der Waals surface area (Å²) in [5.74, 6) is 1.19. The third kappa shape index (κ3) is 14.6. The maximum Gasteiger partial charge on any atom is 0.289 e. The molecule has 12 rings (SSSR count). The monoisotopic (exact) mass is 1190 g/mol. The molecule has 22 nitrogen and oxygen atoms in total. The number of rotatable bonds is 17. The van der Waals surface area contributed by atoms with Gasteiger partial charge in [-0.25, -0.2) is 29.0 Å². The lowest BCUT2D eigenvalue weighted by atomic mass is 9.99. The number of anilines is 6. The van der Waals surface area contributed by atoms with E-state index in [0.717, 1.165) is 129 Å². The molecule has 9 heterocycles. The smallest absolute Gasteiger partial charge is 0.289 e. The molecule has 0 spiro atoms. The van der Waals surface area contributed by atoms with Gasteiger partial charge in [0.1, 0.15) is 22.9 Å². The number of hydrogen-bond acceptors (Lipinski definition) is 19. The van der Waals surface area contributed by atoms with Gasteiger partial charge in [-0.3, -0.25) is 0 Å². The number of aryl methyl sites for hydroxylation is 2. The fraction of sp³-hybridized carbons (Fsp3) is 0.476. The van der Waals surface area contributed by atoms with Crippen molar-refractivity contribution in [2.24, 2.45) is 5.92 Å². The number of nitrogens with zero attached hydrogens (tertiary/aromatic N) is 15. The molecule has 0 saturated heterocycles. The third-order valence-electron chi connectivity index (χ3n) is 15.9. The minimum absolute atomic E-state index is 0.125. The van der Waals surface area contributed by atoms with E-state index < -0.39 is 11.5 Å². The Labute approximate surface area is 506 Å². The van der Waals surface area contributed by atoms with Crippen LogP contribution in [0.5, 0.6) is 17.2 Å². The van der Waals surface area contributed by atoms with Gasteiger partial charge in [0.25, 0.3) is 5.92 Å². The summed E-state index contributed by atoms with van der Waals surface area (Å²) in [4.78, 5) is 34.0. The normalized spacial score (nSPS) is 14.7. The molecule has 4 N–H and O–H groups in total. The summed E-state index contributed by atoms with van der Waals surface area (Å²) in [6.45, 7) is 19.9. The molecule has 3 aliphatic heterocycles. The number of benzene rings is 3. The molecule has 3 aliphatic rings. The highest BCUT2D eigenvalue weighted by molar-refractivity contribution is 5.81. The summed E-state index contributed by atoms with van der Waals surface area (Å²) in [5, 5.41) is 34.9. The summed E-state index contributed by atoms with van der Waals surface area (Å²) in [5.41, 5.74) is 11.1. The number of aliphatic hydroxyl groups is 1. The maximum atomic E-state index is 14.0. The number of ether oxygens (including phenoxy) is 3. The lowest BCUT2D eigenvalue weighted by molar-refractivity contribution is 0.0134. The standard InChI is InChI=1S/C21H26F2N6O.C21H28N6O2.C21H28N6O/c1-12(2)29-19-15(18(27-29)21(3,22)23)10-24-20(26-19)25-16-8-14-11-28(4)7-6-13(14)9-17(16)30-5;1-21(2,28)6-8-27-19-16(12-23-27)11-22-20(25-19)24-17-9-15-13-26(3)7-5-14(15)10-18(17)29-4;1-14(2)5-8-27-20-17(12-23-27)11-22-21(25-20)24-18-9-16-13-26(3)7-6-15(16)10-19(18)28-4/h8-10,12H,6-7,11H2,1-5H3,(H,24,25,26);9-12,28H,5-8,13H2,1-4H3,(H,22,24,25);9-12,14H,5-8,13H2,1-4H3,(H,22,24,25). The Hall–Kier alpha value is -8.19. The second-order valence-corrected chi connectivity index (χ2v) is 24.4. The number of hydrogen-bond donors (Lipinski definition) is 4. The fourth-order valence-electron chi connectivity index (χ4n) is 11.0. The molecule has 0 aliphatic carbocycles. The lowest BCUT2D eigenvalue weighted by Crippen LogP contribution is -2.26. The van der Waals surface area contributed by atoms with Crippen molar-refractivity contribution in [2.75, 3.05) is 78.1 Å². The number of alkyl halides is 2. The predicted molar refractivity (Wildman–Crippen MR) is 335 cm³/mol. The van der Waals surface area contributed by atoms with E-state index in [1.165, 1.54) is 44.3 Å². The zero-order valence-electron chi connectivity index (χ0n) is 52.3. The third-order valence-corrected chi connectivity index (χ3v) is 15.9. The van der Waals surface area contributed by atoms with Gasteiger partial charge in [0, 0.05) is 83.9 Å². The van der Waals surface area contributed by atoms with Crippen molar-refractivity contribution in [3.63, 3.8) is 0 Å². The second-order valence-electron chi connectivity index (χ2n) is 24.4. The number of aromatic nitrogens is 12. The van der Waals surface area contributed by atoms with Crippen LogP contribution in [-0.2, 0) is 57.9 Å². The van der Waals surface area contributed by atoms with Crippen LogP contribution in [0.1, 0.15) is 106 Å². The Kier molecular flexibility index (Phi) is 18.5. The number of halogens is 2. The minimum Gasteiger partial charge on any atom is -0.495 e. The van der Waals surface area contributed by atoms with E-state index in [1.807, 2.05) is 43.1 Å². The van der Waals surface area contributed by atoms with E-state index in [-0.39, 0.29) is 17.1 Å². The Balaban J connectivity index is 0.000000145. The number of likely N-dealkylation sites (N-methyl/N-ethyl adjacent to an activating group) is 3. The molecule has 0 saturated carbocycles. The van der Waals surface area contributed by atoms with Crippen LogP contribution in [0.25, 0.3) is 33.1 Å². The molecule has 9 aromatic rings. The topological polar surface area (TPSA) is 225 Å². The van der Waals surface area contributed by atoms with Crippen LogP contribution in [0.4, 0.5) is 43.7 Å². The van der Waals surface area contributed by atoms with Crippen LogP contribution >= 0.6 is 0 Å². The van der Waals surface area contributed by atoms with Crippen LogP contribution < -0.4 is 30.2 Å². The van der Waals surface area contributed by atoms with Crippen molar-refractivity contribution in [3.8, 4) is 17.2 Å². The van der Waals surface area contributed by atoms with E-state index in [2.05, 4.69) is 130 Å². The second kappa shape index (κ2) is 26.0. The van der Waals surface area contributed by atoms with E-state index in [0.29, 0.717) is 48.1 Å². The molecular weight excluding hydrogens is 1110 g/mol. The van der Waals surface area contributed by atoms with Crippen LogP contribution in [0.15, 0.2) is 67.4 Å². The molecule has 0 unspecified atom stereocenters. The molecule has 462 valence electrons. The summed E-state index contributed by atoms with van der Waals surface area (Å²) >= 11 is 0. The highest BCUT2D eigenvalue weighted by atomic mass is 19.3. The SMILES string of the molecule is COc1cc2c(cc1Nc1ncc3c(C(C)(F)F)nn(C(C)C)c3n1)CN(C)CC2.COc1cc2c(cc1Nc1ncc3cnn(CCC(C)(C)O)c3n1)CN(C)CC2.COc1cc2c(cc1Nc1ncc3cnn(CCC(C)C)c3n1)CN(C)CC2. The van der Waals surface area contributed by atoms with Gasteiger partial charge in [-0.15, -0.1) is 0 Å². The zero-order valence-corrected chi connectivity index (χ0v) is 52.3. The Morgan fingerprint density at radius 1 is 0.552 bits per heavy atom. The van der Waals surface area contributed by atoms with Crippen molar-refractivity contribution in [2.45, 2.75) is 131 Å². The minimum atomic E-state index is -3.08. The molecule has 0 atom stereocenters. The summed E-state index contributed by atoms with van der Waals surface area (Å²) in [7, 11) is 11.4. The fourth-order valence-corrected chi connectivity index (χ4v) is 11.0. The first-order valence-electron chi connectivity index (χ1n) is 29.7. The number of methoxy groups -OCH3 is 3. The van der Waals surface area contributed by atoms with Gasteiger partial charge in [-0.1, -0.05) is 13.8 Å². The average Bonchev–Trinajstić information content (AvgIpc) is 2.75. The van der Waals surface area contributed by atoms with Crippen molar-refractivity contribution in [1.29, 1.82) is 0 Å². The highest BCUT2D eigenvalue weighted by Crippen LogP contribution is 2.38. The Morgan fingerprint density at radius 3 is 1.33 bits per heavy atom. The number of nitrogens with one attached hydrogen (secondary N) is 3. The van der Waals surface area contributed by atoms with Crippen molar-refractivity contribution in [1.82, 2.24) is 73.9 Å². The first kappa shape index (κ1) is 61.9. The van der Waals surface area contributed by atoms with Gasteiger partial charge in [-0.2, -0.15) is 39.0 Å². The Bertz CT molecular complexity index is 3890. The Morgan fingerprint density at radius 2 is 0.954 bits per heavy atom. The maximum absolute atomic E-state index is 14.0.